The van der Waals surface area contributed by atoms with Gasteiger partial charge in [0.15, 0.2) is 6.29 Å². The monoisotopic (exact) mass is 316 g/mol. The molecule has 7 nitrogen and oxygen atoms in total. The highest BCUT2D eigenvalue weighted by atomic mass is 16.7. The zero-order valence-electron chi connectivity index (χ0n) is 12.9. The Balaban J connectivity index is 1.47. The SMILES string of the molecule is c1cncc(-c2noc(CN3CCCC[C@@H]3C3OCCO3)n2)c1. The Bertz CT molecular complexity index is 627. The normalized spacial score (nSPS) is 23.4. The van der Waals surface area contributed by atoms with Crippen molar-refractivity contribution in [1.29, 1.82) is 0 Å². The lowest BCUT2D eigenvalue weighted by Crippen LogP contribution is -2.46. The van der Waals surface area contributed by atoms with Gasteiger partial charge < -0.3 is 14.0 Å². The molecule has 0 spiro atoms. The van der Waals surface area contributed by atoms with E-state index in [4.69, 9.17) is 14.0 Å². The van der Waals surface area contributed by atoms with E-state index in [9.17, 15) is 0 Å². The van der Waals surface area contributed by atoms with Gasteiger partial charge in [0.2, 0.25) is 11.7 Å². The Hall–Kier alpha value is -1.83. The zero-order chi connectivity index (χ0) is 15.5. The molecular formula is C16H20N4O3. The van der Waals surface area contributed by atoms with Gasteiger partial charge in [0.25, 0.3) is 0 Å². The predicted molar refractivity (Wildman–Crippen MR) is 81.3 cm³/mol. The van der Waals surface area contributed by atoms with Crippen LogP contribution in [-0.2, 0) is 16.0 Å². The summed E-state index contributed by atoms with van der Waals surface area (Å²) in [6.45, 7) is 2.99. The summed E-state index contributed by atoms with van der Waals surface area (Å²) in [7, 11) is 0. The molecule has 2 aliphatic heterocycles. The second-order valence-electron chi connectivity index (χ2n) is 5.90. The number of piperidine rings is 1. The second-order valence-corrected chi connectivity index (χ2v) is 5.90. The topological polar surface area (TPSA) is 73.5 Å². The summed E-state index contributed by atoms with van der Waals surface area (Å²) in [5.41, 5.74) is 0.861. The van der Waals surface area contributed by atoms with Crippen LogP contribution in [0.2, 0.25) is 0 Å². The number of hydrogen-bond donors (Lipinski definition) is 0. The molecule has 4 heterocycles. The van der Waals surface area contributed by atoms with Crippen LogP contribution < -0.4 is 0 Å². The van der Waals surface area contributed by atoms with Crippen LogP contribution in [0, 0.1) is 0 Å². The van der Waals surface area contributed by atoms with Gasteiger partial charge in [0.1, 0.15) is 0 Å². The van der Waals surface area contributed by atoms with Crippen LogP contribution >= 0.6 is 0 Å². The van der Waals surface area contributed by atoms with Gasteiger partial charge in [-0.05, 0) is 31.5 Å². The van der Waals surface area contributed by atoms with Crippen LogP contribution in [0.1, 0.15) is 25.2 Å². The molecule has 0 N–H and O–H groups in total. The molecule has 0 aliphatic carbocycles. The smallest absolute Gasteiger partial charge is 0.241 e. The number of hydrogen-bond acceptors (Lipinski definition) is 7. The predicted octanol–water partition coefficient (Wildman–Crippen LogP) is 1.86. The third kappa shape index (κ3) is 3.26. The number of rotatable bonds is 4. The van der Waals surface area contributed by atoms with E-state index < -0.39 is 0 Å². The van der Waals surface area contributed by atoms with E-state index in [1.807, 2.05) is 12.1 Å². The molecule has 0 saturated carbocycles. The van der Waals surface area contributed by atoms with Gasteiger partial charge in [-0.15, -0.1) is 0 Å². The Kier molecular flexibility index (Phi) is 4.32. The maximum absolute atomic E-state index is 5.70. The first kappa shape index (κ1) is 14.7. The number of nitrogens with zero attached hydrogens (tertiary/aromatic N) is 4. The van der Waals surface area contributed by atoms with Crippen LogP contribution in [0.25, 0.3) is 11.4 Å². The average molecular weight is 316 g/mol. The van der Waals surface area contributed by atoms with Crippen LogP contribution in [0.3, 0.4) is 0 Å². The van der Waals surface area contributed by atoms with E-state index in [0.29, 0.717) is 31.5 Å². The third-order valence-electron chi connectivity index (χ3n) is 4.35. The van der Waals surface area contributed by atoms with Gasteiger partial charge in [-0.25, -0.2) is 0 Å². The Morgan fingerprint density at radius 1 is 1.22 bits per heavy atom. The first-order chi connectivity index (χ1) is 11.4. The molecule has 0 radical (unpaired) electrons. The number of pyridine rings is 1. The standard InChI is InChI=1S/C16H20N4O3/c1-2-7-20(13(5-1)16-21-8-9-22-16)11-14-18-15(19-23-14)12-4-3-6-17-10-12/h3-4,6,10,13,16H,1-2,5,7-9,11H2/t13-/m1/s1. The lowest BCUT2D eigenvalue weighted by Gasteiger charge is -2.36. The maximum Gasteiger partial charge on any atom is 0.241 e. The summed E-state index contributed by atoms with van der Waals surface area (Å²) >= 11 is 0. The molecule has 4 rings (SSSR count). The van der Waals surface area contributed by atoms with Gasteiger partial charge in [-0.2, -0.15) is 4.98 Å². The molecule has 122 valence electrons. The minimum Gasteiger partial charge on any atom is -0.349 e. The van der Waals surface area contributed by atoms with E-state index in [2.05, 4.69) is 20.0 Å². The van der Waals surface area contributed by atoms with E-state index in [-0.39, 0.29) is 12.3 Å². The molecule has 2 aromatic heterocycles. The van der Waals surface area contributed by atoms with Crippen molar-refractivity contribution in [3.8, 4) is 11.4 Å². The maximum atomic E-state index is 5.70. The number of aromatic nitrogens is 3. The molecule has 1 atom stereocenters. The molecule has 0 bridgehead atoms. The highest BCUT2D eigenvalue weighted by Gasteiger charge is 2.34. The van der Waals surface area contributed by atoms with Crippen molar-refractivity contribution in [2.45, 2.75) is 38.1 Å². The van der Waals surface area contributed by atoms with Crippen molar-refractivity contribution in [3.05, 3.63) is 30.4 Å². The van der Waals surface area contributed by atoms with Crippen LogP contribution in [0.15, 0.2) is 29.0 Å². The molecule has 0 amide bonds. The molecule has 0 unspecified atom stereocenters. The Morgan fingerprint density at radius 3 is 2.96 bits per heavy atom. The summed E-state index contributed by atoms with van der Waals surface area (Å²) < 4.78 is 16.8. The molecule has 2 aromatic rings. The van der Waals surface area contributed by atoms with Crippen molar-refractivity contribution < 1.29 is 14.0 Å². The molecule has 0 aromatic carbocycles. The largest absolute Gasteiger partial charge is 0.349 e. The molecule has 2 fully saturated rings. The quantitative estimate of drug-likeness (QED) is 0.852. The van der Waals surface area contributed by atoms with Crippen molar-refractivity contribution in [3.63, 3.8) is 0 Å². The van der Waals surface area contributed by atoms with Crippen LogP contribution in [0.4, 0.5) is 0 Å². The van der Waals surface area contributed by atoms with E-state index in [1.54, 1.807) is 12.4 Å². The van der Waals surface area contributed by atoms with Crippen molar-refractivity contribution in [2.24, 2.45) is 0 Å². The summed E-state index contributed by atoms with van der Waals surface area (Å²) in [5.74, 6) is 1.20. The lowest BCUT2D eigenvalue weighted by atomic mass is 10.0. The van der Waals surface area contributed by atoms with Crippen LogP contribution in [-0.4, -0.2) is 52.1 Å². The Morgan fingerprint density at radius 2 is 2.13 bits per heavy atom. The van der Waals surface area contributed by atoms with Crippen molar-refractivity contribution >= 4 is 0 Å². The summed E-state index contributed by atoms with van der Waals surface area (Å²) in [6, 6.07) is 4.05. The van der Waals surface area contributed by atoms with Gasteiger partial charge in [-0.3, -0.25) is 9.88 Å². The summed E-state index contributed by atoms with van der Waals surface area (Å²) in [6.07, 6.45) is 6.79. The fourth-order valence-corrected chi connectivity index (χ4v) is 3.23. The number of ether oxygens (including phenoxy) is 2. The summed E-state index contributed by atoms with van der Waals surface area (Å²) in [5, 5.41) is 4.06. The molecule has 2 aliphatic rings. The van der Waals surface area contributed by atoms with Gasteiger partial charge in [0.05, 0.1) is 25.8 Å². The van der Waals surface area contributed by atoms with Crippen LogP contribution in [0.5, 0.6) is 0 Å². The zero-order valence-corrected chi connectivity index (χ0v) is 12.9. The van der Waals surface area contributed by atoms with Gasteiger partial charge in [-0.1, -0.05) is 11.6 Å². The minimum atomic E-state index is -0.129. The molecule has 7 heteroatoms. The van der Waals surface area contributed by atoms with Crippen molar-refractivity contribution in [1.82, 2.24) is 20.0 Å². The highest BCUT2D eigenvalue weighted by Crippen LogP contribution is 2.26. The van der Waals surface area contributed by atoms with Gasteiger partial charge >= 0.3 is 0 Å². The fourth-order valence-electron chi connectivity index (χ4n) is 3.23. The molecular weight excluding hydrogens is 296 g/mol. The average Bonchev–Trinajstić information content (AvgIpc) is 3.28. The van der Waals surface area contributed by atoms with E-state index >= 15 is 0 Å². The summed E-state index contributed by atoms with van der Waals surface area (Å²) in [4.78, 5) is 10.9. The van der Waals surface area contributed by atoms with E-state index in [0.717, 1.165) is 18.5 Å². The minimum absolute atomic E-state index is 0.129. The molecule has 2 saturated heterocycles. The third-order valence-corrected chi connectivity index (χ3v) is 4.35. The molecule has 23 heavy (non-hydrogen) atoms. The highest BCUT2D eigenvalue weighted by molar-refractivity contribution is 5.51. The van der Waals surface area contributed by atoms with Crippen molar-refractivity contribution in [2.75, 3.05) is 19.8 Å². The Labute approximate surface area is 134 Å². The van der Waals surface area contributed by atoms with Gasteiger partial charge in [0, 0.05) is 18.0 Å². The van der Waals surface area contributed by atoms with E-state index in [1.165, 1.54) is 12.8 Å². The fraction of sp³-hybridized carbons (Fsp3) is 0.562. The lowest BCUT2D eigenvalue weighted by molar-refractivity contribution is -0.112. The first-order valence-corrected chi connectivity index (χ1v) is 8.10. The second kappa shape index (κ2) is 6.74. The number of likely N-dealkylation sites (tertiary alicyclic amines) is 1. The first-order valence-electron chi connectivity index (χ1n) is 8.10.